The number of hydrogen-bond donors (Lipinski definition) is 1. The molecule has 1 N–H and O–H groups in total. The highest BCUT2D eigenvalue weighted by Gasteiger charge is 2.21. The zero-order valence-corrected chi connectivity index (χ0v) is 9.73. The Balaban J connectivity index is 2.25. The Labute approximate surface area is 95.7 Å². The van der Waals surface area contributed by atoms with Gasteiger partial charge in [-0.3, -0.25) is 0 Å². The topological polar surface area (TPSA) is 41.8 Å². The standard InChI is InChI=1S/C13H17NO2/c1-9(2)8-16-13-5-3-4-10-11(13)6-7-12(10)14-15/h3-5,9,15H,6-8H2,1-2H3. The van der Waals surface area contributed by atoms with Crippen LogP contribution in [0, 0.1) is 5.92 Å². The summed E-state index contributed by atoms with van der Waals surface area (Å²) in [5.74, 6) is 1.45. The fraction of sp³-hybridized carbons (Fsp3) is 0.462. The molecule has 2 rings (SSSR count). The van der Waals surface area contributed by atoms with Crippen LogP contribution in [0.25, 0.3) is 0 Å². The molecule has 0 unspecified atom stereocenters. The molecule has 0 saturated carbocycles. The lowest BCUT2D eigenvalue weighted by atomic mass is 10.1. The monoisotopic (exact) mass is 219 g/mol. The van der Waals surface area contributed by atoms with Gasteiger partial charge in [0.2, 0.25) is 0 Å². The maximum atomic E-state index is 8.87. The van der Waals surface area contributed by atoms with Crippen molar-refractivity contribution in [2.24, 2.45) is 11.1 Å². The van der Waals surface area contributed by atoms with E-state index >= 15 is 0 Å². The van der Waals surface area contributed by atoms with Crippen molar-refractivity contribution in [1.29, 1.82) is 0 Å². The van der Waals surface area contributed by atoms with E-state index in [1.54, 1.807) is 0 Å². The molecule has 86 valence electrons. The first-order valence-electron chi connectivity index (χ1n) is 5.68. The number of ether oxygens (including phenoxy) is 1. The van der Waals surface area contributed by atoms with Crippen LogP contribution in [0.3, 0.4) is 0 Å². The van der Waals surface area contributed by atoms with Gasteiger partial charge in [-0.1, -0.05) is 31.1 Å². The fourth-order valence-electron chi connectivity index (χ4n) is 1.97. The van der Waals surface area contributed by atoms with Crippen molar-refractivity contribution in [3.8, 4) is 5.75 Å². The minimum absolute atomic E-state index is 0.517. The van der Waals surface area contributed by atoms with Crippen molar-refractivity contribution < 1.29 is 9.94 Å². The quantitative estimate of drug-likeness (QED) is 0.627. The average molecular weight is 219 g/mol. The minimum Gasteiger partial charge on any atom is -0.493 e. The van der Waals surface area contributed by atoms with Crippen molar-refractivity contribution in [3.05, 3.63) is 29.3 Å². The summed E-state index contributed by atoms with van der Waals surface area (Å²) in [6.45, 7) is 4.98. The lowest BCUT2D eigenvalue weighted by molar-refractivity contribution is 0.269. The zero-order chi connectivity index (χ0) is 11.5. The summed E-state index contributed by atoms with van der Waals surface area (Å²) in [7, 11) is 0. The van der Waals surface area contributed by atoms with E-state index < -0.39 is 0 Å². The van der Waals surface area contributed by atoms with Crippen LogP contribution in [0.5, 0.6) is 5.75 Å². The molecule has 0 radical (unpaired) electrons. The summed E-state index contributed by atoms with van der Waals surface area (Å²) in [6, 6.07) is 5.92. The Hall–Kier alpha value is -1.51. The highest BCUT2D eigenvalue weighted by Crippen LogP contribution is 2.31. The summed E-state index contributed by atoms with van der Waals surface area (Å²) in [4.78, 5) is 0. The second-order valence-corrected chi connectivity index (χ2v) is 4.53. The predicted octanol–water partition coefficient (Wildman–Crippen LogP) is 2.85. The summed E-state index contributed by atoms with van der Waals surface area (Å²) in [5.41, 5.74) is 2.98. The van der Waals surface area contributed by atoms with E-state index in [0.29, 0.717) is 5.92 Å². The van der Waals surface area contributed by atoms with Crippen LogP contribution in [0.15, 0.2) is 23.4 Å². The smallest absolute Gasteiger partial charge is 0.123 e. The average Bonchev–Trinajstić information content (AvgIpc) is 2.69. The lowest BCUT2D eigenvalue weighted by Crippen LogP contribution is -2.06. The van der Waals surface area contributed by atoms with Gasteiger partial charge < -0.3 is 9.94 Å². The van der Waals surface area contributed by atoms with Gasteiger partial charge in [0.1, 0.15) is 5.75 Å². The molecular formula is C13H17NO2. The Bertz CT molecular complexity index is 410. The molecule has 0 heterocycles. The SMILES string of the molecule is CC(C)COc1cccc2c1CCC2=NO. The number of benzene rings is 1. The van der Waals surface area contributed by atoms with Gasteiger partial charge in [-0.15, -0.1) is 0 Å². The van der Waals surface area contributed by atoms with Crippen LogP contribution < -0.4 is 4.74 Å². The van der Waals surface area contributed by atoms with Gasteiger partial charge in [0, 0.05) is 11.1 Å². The van der Waals surface area contributed by atoms with Crippen molar-refractivity contribution in [1.82, 2.24) is 0 Å². The first-order chi connectivity index (χ1) is 7.72. The van der Waals surface area contributed by atoms with Gasteiger partial charge in [-0.05, 0) is 24.8 Å². The van der Waals surface area contributed by atoms with E-state index in [4.69, 9.17) is 9.94 Å². The number of fused-ring (bicyclic) bond motifs is 1. The van der Waals surface area contributed by atoms with Crippen LogP contribution in [0.2, 0.25) is 0 Å². The van der Waals surface area contributed by atoms with Crippen molar-refractivity contribution >= 4 is 5.71 Å². The molecule has 1 aliphatic carbocycles. The molecule has 16 heavy (non-hydrogen) atoms. The first-order valence-corrected chi connectivity index (χ1v) is 5.68. The molecule has 1 aromatic rings. The first kappa shape index (κ1) is 11.0. The van der Waals surface area contributed by atoms with Crippen LogP contribution in [0.1, 0.15) is 31.4 Å². The van der Waals surface area contributed by atoms with Gasteiger partial charge >= 0.3 is 0 Å². The van der Waals surface area contributed by atoms with Gasteiger partial charge in [0.15, 0.2) is 0 Å². The Morgan fingerprint density at radius 1 is 1.38 bits per heavy atom. The summed E-state index contributed by atoms with van der Waals surface area (Å²) in [5, 5.41) is 12.2. The maximum absolute atomic E-state index is 8.87. The van der Waals surface area contributed by atoms with E-state index in [9.17, 15) is 0 Å². The van der Waals surface area contributed by atoms with Crippen molar-refractivity contribution in [2.45, 2.75) is 26.7 Å². The molecule has 0 aromatic heterocycles. The third-order valence-corrected chi connectivity index (χ3v) is 2.75. The number of oxime groups is 1. The summed E-state index contributed by atoms with van der Waals surface area (Å²) < 4.78 is 5.77. The second kappa shape index (κ2) is 4.56. The van der Waals surface area contributed by atoms with Gasteiger partial charge in [0.25, 0.3) is 0 Å². The molecule has 1 aromatic carbocycles. The number of hydrogen-bond acceptors (Lipinski definition) is 3. The third-order valence-electron chi connectivity index (χ3n) is 2.75. The van der Waals surface area contributed by atoms with Crippen LogP contribution in [0.4, 0.5) is 0 Å². The summed E-state index contributed by atoms with van der Waals surface area (Å²) >= 11 is 0. The van der Waals surface area contributed by atoms with Gasteiger partial charge in [-0.25, -0.2) is 0 Å². The second-order valence-electron chi connectivity index (χ2n) is 4.53. The third kappa shape index (κ3) is 2.03. The largest absolute Gasteiger partial charge is 0.493 e. The predicted molar refractivity (Wildman–Crippen MR) is 63.4 cm³/mol. The highest BCUT2D eigenvalue weighted by atomic mass is 16.5. The molecule has 0 fully saturated rings. The Morgan fingerprint density at radius 2 is 2.19 bits per heavy atom. The van der Waals surface area contributed by atoms with Crippen LogP contribution in [-0.4, -0.2) is 17.5 Å². The van der Waals surface area contributed by atoms with Crippen LogP contribution in [-0.2, 0) is 6.42 Å². The molecule has 0 saturated heterocycles. The molecule has 0 spiro atoms. The number of rotatable bonds is 3. The minimum atomic E-state index is 0.517. The van der Waals surface area contributed by atoms with Gasteiger partial charge in [0.05, 0.1) is 12.3 Å². The molecule has 1 aliphatic rings. The molecule has 3 heteroatoms. The Kier molecular flexibility index (Phi) is 3.13. The molecule has 0 amide bonds. The van der Waals surface area contributed by atoms with Crippen molar-refractivity contribution in [3.63, 3.8) is 0 Å². The zero-order valence-electron chi connectivity index (χ0n) is 9.73. The summed E-state index contributed by atoms with van der Waals surface area (Å²) in [6.07, 6.45) is 1.71. The molecule has 0 aliphatic heterocycles. The fourth-order valence-corrected chi connectivity index (χ4v) is 1.97. The van der Waals surface area contributed by atoms with E-state index in [2.05, 4.69) is 19.0 Å². The number of nitrogens with zero attached hydrogens (tertiary/aromatic N) is 1. The molecule has 0 bridgehead atoms. The highest BCUT2D eigenvalue weighted by molar-refractivity contribution is 6.04. The van der Waals surface area contributed by atoms with Crippen LogP contribution >= 0.6 is 0 Å². The molecule has 0 atom stereocenters. The molecule has 3 nitrogen and oxygen atoms in total. The van der Waals surface area contributed by atoms with E-state index in [1.807, 2.05) is 18.2 Å². The Morgan fingerprint density at radius 3 is 2.88 bits per heavy atom. The molecular weight excluding hydrogens is 202 g/mol. The van der Waals surface area contributed by atoms with Crippen molar-refractivity contribution in [2.75, 3.05) is 6.61 Å². The van der Waals surface area contributed by atoms with E-state index in [0.717, 1.165) is 36.5 Å². The van der Waals surface area contributed by atoms with Gasteiger partial charge in [-0.2, -0.15) is 0 Å². The lowest BCUT2D eigenvalue weighted by Gasteiger charge is -2.12. The normalized spacial score (nSPS) is 16.8. The van der Waals surface area contributed by atoms with E-state index in [1.165, 1.54) is 5.56 Å². The maximum Gasteiger partial charge on any atom is 0.123 e. The van der Waals surface area contributed by atoms with E-state index in [-0.39, 0.29) is 0 Å².